The second kappa shape index (κ2) is 10.1. The highest BCUT2D eigenvalue weighted by atomic mass is 32.1. The lowest BCUT2D eigenvalue weighted by Gasteiger charge is -2.27. The van der Waals surface area contributed by atoms with Gasteiger partial charge in [-0.1, -0.05) is 36.4 Å². The minimum Gasteiger partial charge on any atom is -0.346 e. The van der Waals surface area contributed by atoms with Crippen LogP contribution >= 0.6 is 11.3 Å². The third-order valence-corrected chi connectivity index (χ3v) is 7.03. The zero-order valence-electron chi connectivity index (χ0n) is 17.7. The molecule has 3 aromatic rings. The van der Waals surface area contributed by atoms with E-state index >= 15 is 0 Å². The Hall–Kier alpha value is -2.37. The van der Waals surface area contributed by atoms with Crippen LogP contribution in [0.2, 0.25) is 0 Å². The molecule has 0 bridgehead atoms. The summed E-state index contributed by atoms with van der Waals surface area (Å²) in [6.45, 7) is 6.94. The molecule has 158 valence electrons. The van der Waals surface area contributed by atoms with Crippen LogP contribution in [0, 0.1) is 5.92 Å². The SMILES string of the molecule is CCN(C[C@H]1CCN(Cc2ccccc2)C1)C(=O)C[C@H](c1cccs1)n1cccc1. The summed E-state index contributed by atoms with van der Waals surface area (Å²) in [5.74, 6) is 0.815. The van der Waals surface area contributed by atoms with Crippen LogP contribution in [-0.2, 0) is 11.3 Å². The standard InChI is InChI=1S/C25H31N3OS/c1-2-27(20-22-12-15-26(19-22)18-21-9-4-3-5-10-21)25(29)17-23(24-11-8-16-30-24)28-13-6-7-14-28/h3-11,13-14,16,22-23H,2,12,15,17-20H2,1H3/t22-,23+/m0/s1. The van der Waals surface area contributed by atoms with Crippen LogP contribution in [0.4, 0.5) is 0 Å². The Balaban J connectivity index is 1.35. The molecule has 3 heterocycles. The molecule has 30 heavy (non-hydrogen) atoms. The van der Waals surface area contributed by atoms with E-state index in [4.69, 9.17) is 0 Å². The van der Waals surface area contributed by atoms with E-state index in [0.29, 0.717) is 12.3 Å². The number of carbonyl (C=O) groups is 1. The van der Waals surface area contributed by atoms with Crippen molar-refractivity contribution in [3.63, 3.8) is 0 Å². The average Bonchev–Trinajstić information content (AvgIpc) is 3.54. The summed E-state index contributed by atoms with van der Waals surface area (Å²) in [5, 5.41) is 2.09. The number of amides is 1. The molecule has 0 aliphatic carbocycles. The van der Waals surface area contributed by atoms with E-state index < -0.39 is 0 Å². The maximum absolute atomic E-state index is 13.2. The van der Waals surface area contributed by atoms with Gasteiger partial charge < -0.3 is 9.47 Å². The molecule has 1 aromatic carbocycles. The van der Waals surface area contributed by atoms with Gasteiger partial charge in [0.2, 0.25) is 5.91 Å². The fourth-order valence-corrected chi connectivity index (χ4v) is 5.28. The predicted molar refractivity (Wildman–Crippen MR) is 124 cm³/mol. The van der Waals surface area contributed by atoms with Crippen LogP contribution in [0.1, 0.15) is 36.2 Å². The van der Waals surface area contributed by atoms with E-state index in [1.807, 2.05) is 12.1 Å². The predicted octanol–water partition coefficient (Wildman–Crippen LogP) is 4.90. The molecule has 1 fully saturated rings. The van der Waals surface area contributed by atoms with Crippen molar-refractivity contribution in [1.82, 2.24) is 14.4 Å². The van der Waals surface area contributed by atoms with E-state index in [9.17, 15) is 4.79 Å². The molecule has 0 radical (unpaired) electrons. The zero-order valence-corrected chi connectivity index (χ0v) is 18.5. The molecule has 4 nitrogen and oxygen atoms in total. The first-order valence-corrected chi connectivity index (χ1v) is 11.8. The third kappa shape index (κ3) is 5.21. The van der Waals surface area contributed by atoms with Gasteiger partial charge in [0.05, 0.1) is 12.5 Å². The molecule has 0 saturated carbocycles. The normalized spacial score (nSPS) is 17.8. The van der Waals surface area contributed by atoms with Gasteiger partial charge in [0.15, 0.2) is 0 Å². The van der Waals surface area contributed by atoms with Crippen molar-refractivity contribution in [1.29, 1.82) is 0 Å². The van der Waals surface area contributed by atoms with Crippen molar-refractivity contribution in [3.05, 3.63) is 82.8 Å². The molecular formula is C25H31N3OS. The molecule has 1 saturated heterocycles. The summed E-state index contributed by atoms with van der Waals surface area (Å²) in [4.78, 5) is 19.1. The summed E-state index contributed by atoms with van der Waals surface area (Å²) >= 11 is 1.73. The van der Waals surface area contributed by atoms with Crippen molar-refractivity contribution in [3.8, 4) is 0 Å². The zero-order chi connectivity index (χ0) is 20.8. The lowest BCUT2D eigenvalue weighted by atomic mass is 10.1. The highest BCUT2D eigenvalue weighted by Crippen LogP contribution is 2.28. The molecule has 1 amide bonds. The third-order valence-electron chi connectivity index (χ3n) is 6.06. The van der Waals surface area contributed by atoms with Crippen LogP contribution in [-0.4, -0.2) is 46.5 Å². The number of nitrogens with zero attached hydrogens (tertiary/aromatic N) is 3. The maximum Gasteiger partial charge on any atom is 0.225 e. The number of benzene rings is 1. The lowest BCUT2D eigenvalue weighted by molar-refractivity contribution is -0.132. The molecule has 1 aliphatic heterocycles. The molecule has 5 heteroatoms. The summed E-state index contributed by atoms with van der Waals surface area (Å²) in [6.07, 6.45) is 5.81. The Kier molecular flexibility index (Phi) is 7.03. The Morgan fingerprint density at radius 1 is 1.13 bits per heavy atom. The van der Waals surface area contributed by atoms with E-state index in [0.717, 1.165) is 32.7 Å². The van der Waals surface area contributed by atoms with Gasteiger partial charge in [0, 0.05) is 43.4 Å². The largest absolute Gasteiger partial charge is 0.346 e. The van der Waals surface area contributed by atoms with Crippen molar-refractivity contribution < 1.29 is 4.79 Å². The Morgan fingerprint density at radius 3 is 2.63 bits per heavy atom. The number of hydrogen-bond donors (Lipinski definition) is 0. The van der Waals surface area contributed by atoms with Crippen molar-refractivity contribution in [2.45, 2.75) is 32.4 Å². The first-order chi connectivity index (χ1) is 14.7. The van der Waals surface area contributed by atoms with Crippen molar-refractivity contribution in [2.75, 3.05) is 26.2 Å². The highest BCUT2D eigenvalue weighted by Gasteiger charge is 2.27. The minimum atomic E-state index is 0.0831. The van der Waals surface area contributed by atoms with E-state index in [1.165, 1.54) is 16.9 Å². The van der Waals surface area contributed by atoms with Crippen LogP contribution in [0.5, 0.6) is 0 Å². The van der Waals surface area contributed by atoms with Gasteiger partial charge in [0.25, 0.3) is 0 Å². The molecule has 2 atom stereocenters. The van der Waals surface area contributed by atoms with Crippen LogP contribution in [0.3, 0.4) is 0 Å². The second-order valence-corrected chi connectivity index (χ2v) is 9.15. The summed E-state index contributed by atoms with van der Waals surface area (Å²) in [7, 11) is 0. The second-order valence-electron chi connectivity index (χ2n) is 8.17. The molecular weight excluding hydrogens is 390 g/mol. The fourth-order valence-electron chi connectivity index (χ4n) is 4.45. The van der Waals surface area contributed by atoms with Gasteiger partial charge in [0.1, 0.15) is 0 Å². The molecule has 1 aliphatic rings. The van der Waals surface area contributed by atoms with E-state index in [2.05, 4.69) is 81.5 Å². The summed E-state index contributed by atoms with van der Waals surface area (Å²) < 4.78 is 2.16. The molecule has 0 N–H and O–H groups in total. The van der Waals surface area contributed by atoms with E-state index in [-0.39, 0.29) is 11.9 Å². The first-order valence-electron chi connectivity index (χ1n) is 10.9. The molecule has 0 unspecified atom stereocenters. The maximum atomic E-state index is 13.2. The first kappa shape index (κ1) is 20.9. The topological polar surface area (TPSA) is 28.5 Å². The summed E-state index contributed by atoms with van der Waals surface area (Å²) in [5.41, 5.74) is 1.37. The monoisotopic (exact) mass is 421 g/mol. The van der Waals surface area contributed by atoms with Gasteiger partial charge in [-0.15, -0.1) is 11.3 Å². The number of likely N-dealkylation sites (tertiary alicyclic amines) is 1. The fraction of sp³-hybridized carbons (Fsp3) is 0.400. The molecule has 4 rings (SSSR count). The van der Waals surface area contributed by atoms with Gasteiger partial charge in [-0.3, -0.25) is 9.69 Å². The highest BCUT2D eigenvalue weighted by molar-refractivity contribution is 7.10. The smallest absolute Gasteiger partial charge is 0.225 e. The van der Waals surface area contributed by atoms with E-state index in [1.54, 1.807) is 11.3 Å². The Labute approximate surface area is 183 Å². The number of carbonyl (C=O) groups excluding carboxylic acids is 1. The van der Waals surface area contributed by atoms with Crippen molar-refractivity contribution in [2.24, 2.45) is 5.92 Å². The van der Waals surface area contributed by atoms with Gasteiger partial charge in [-0.05, 0) is 54.9 Å². The minimum absolute atomic E-state index is 0.0831. The van der Waals surface area contributed by atoms with Gasteiger partial charge >= 0.3 is 0 Å². The van der Waals surface area contributed by atoms with Crippen LogP contribution in [0.25, 0.3) is 0 Å². The van der Waals surface area contributed by atoms with Crippen LogP contribution < -0.4 is 0 Å². The molecule has 2 aromatic heterocycles. The Morgan fingerprint density at radius 2 is 1.93 bits per heavy atom. The lowest BCUT2D eigenvalue weighted by Crippen LogP contribution is -2.37. The van der Waals surface area contributed by atoms with Crippen molar-refractivity contribution >= 4 is 17.2 Å². The quantitative estimate of drug-likeness (QED) is 0.492. The number of hydrogen-bond acceptors (Lipinski definition) is 3. The van der Waals surface area contributed by atoms with Gasteiger partial charge in [-0.25, -0.2) is 0 Å². The van der Waals surface area contributed by atoms with Crippen LogP contribution in [0.15, 0.2) is 72.4 Å². The number of thiophene rings is 1. The number of rotatable bonds is 9. The Bertz CT molecular complexity index is 858. The average molecular weight is 422 g/mol. The molecule has 0 spiro atoms. The summed E-state index contributed by atoms with van der Waals surface area (Å²) in [6, 6.07) is 19.0. The van der Waals surface area contributed by atoms with Gasteiger partial charge in [-0.2, -0.15) is 0 Å². The number of aromatic nitrogens is 1.